The van der Waals surface area contributed by atoms with Gasteiger partial charge in [0.05, 0.1) is 12.3 Å². The second-order valence-electron chi connectivity index (χ2n) is 4.60. The maximum atomic E-state index is 11.7. The predicted octanol–water partition coefficient (Wildman–Crippen LogP) is 2.27. The molecule has 4 heteroatoms. The fourth-order valence-corrected chi connectivity index (χ4v) is 1.40. The highest BCUT2D eigenvalue weighted by atomic mass is 16.5. The highest BCUT2D eigenvalue weighted by Gasteiger charge is 2.07. The molecule has 0 aliphatic carbocycles. The molecule has 0 radical (unpaired) electrons. The van der Waals surface area contributed by atoms with Crippen LogP contribution in [0, 0.1) is 5.92 Å². The zero-order chi connectivity index (χ0) is 13.4. The van der Waals surface area contributed by atoms with Crippen molar-refractivity contribution < 1.29 is 9.53 Å². The molecule has 0 saturated carbocycles. The molecule has 1 aromatic carbocycles. The Bertz CT molecular complexity index is 378. The van der Waals surface area contributed by atoms with Crippen molar-refractivity contribution in [3.63, 3.8) is 0 Å². The number of carbonyl (C=O) groups is 1. The number of hydrogen-bond donors (Lipinski definition) is 2. The third-order valence-corrected chi connectivity index (χ3v) is 2.34. The van der Waals surface area contributed by atoms with Crippen LogP contribution in [0.5, 0.6) is 5.75 Å². The molecule has 0 spiro atoms. The number of rotatable bonds is 7. The molecule has 2 N–H and O–H groups in total. The van der Waals surface area contributed by atoms with Crippen molar-refractivity contribution in [2.45, 2.75) is 20.3 Å². The van der Waals surface area contributed by atoms with Crippen LogP contribution in [-0.2, 0) is 4.79 Å². The van der Waals surface area contributed by atoms with Crippen molar-refractivity contribution in [2.24, 2.45) is 5.92 Å². The summed E-state index contributed by atoms with van der Waals surface area (Å²) in [5.74, 6) is 1.17. The molecule has 1 aromatic rings. The van der Waals surface area contributed by atoms with Gasteiger partial charge in [0.2, 0.25) is 5.91 Å². The van der Waals surface area contributed by atoms with E-state index in [9.17, 15) is 4.79 Å². The van der Waals surface area contributed by atoms with Gasteiger partial charge in [-0.3, -0.25) is 4.79 Å². The molecule has 0 bridgehead atoms. The van der Waals surface area contributed by atoms with Gasteiger partial charge in [-0.15, -0.1) is 0 Å². The maximum absolute atomic E-state index is 11.7. The zero-order valence-electron chi connectivity index (χ0n) is 11.3. The summed E-state index contributed by atoms with van der Waals surface area (Å²) < 4.78 is 5.67. The molecule has 4 nitrogen and oxygen atoms in total. The fraction of sp³-hybridized carbons (Fsp3) is 0.500. The summed E-state index contributed by atoms with van der Waals surface area (Å²) in [6, 6.07) is 7.51. The number of anilines is 1. The Morgan fingerprint density at radius 3 is 2.72 bits per heavy atom. The third-order valence-electron chi connectivity index (χ3n) is 2.34. The highest BCUT2D eigenvalue weighted by molar-refractivity contribution is 5.92. The van der Waals surface area contributed by atoms with E-state index in [1.807, 2.05) is 31.3 Å². The lowest BCUT2D eigenvalue weighted by atomic mass is 10.2. The van der Waals surface area contributed by atoms with Crippen molar-refractivity contribution in [1.29, 1.82) is 0 Å². The summed E-state index contributed by atoms with van der Waals surface area (Å²) in [7, 11) is 1.83. The van der Waals surface area contributed by atoms with E-state index in [0.29, 0.717) is 25.5 Å². The first-order valence-electron chi connectivity index (χ1n) is 6.29. The first-order valence-corrected chi connectivity index (χ1v) is 6.29. The van der Waals surface area contributed by atoms with E-state index in [-0.39, 0.29) is 5.91 Å². The average molecular weight is 250 g/mol. The standard InChI is InChI=1S/C14H22N2O2/c1-11(2)10-18-13-7-5-4-6-12(13)16-14(17)8-9-15-3/h4-7,11,15H,8-10H2,1-3H3,(H,16,17). The molecule has 0 saturated heterocycles. The van der Waals surface area contributed by atoms with Crippen molar-refractivity contribution in [3.8, 4) is 5.75 Å². The number of carbonyl (C=O) groups excluding carboxylic acids is 1. The topological polar surface area (TPSA) is 50.4 Å². The maximum Gasteiger partial charge on any atom is 0.225 e. The third kappa shape index (κ3) is 5.19. The van der Waals surface area contributed by atoms with E-state index in [4.69, 9.17) is 4.74 Å². The van der Waals surface area contributed by atoms with Gasteiger partial charge < -0.3 is 15.4 Å². The van der Waals surface area contributed by atoms with Gasteiger partial charge in [0.15, 0.2) is 0 Å². The number of hydrogen-bond acceptors (Lipinski definition) is 3. The number of ether oxygens (including phenoxy) is 1. The lowest BCUT2D eigenvalue weighted by Crippen LogP contribution is -2.19. The molecule has 1 rings (SSSR count). The summed E-state index contributed by atoms with van der Waals surface area (Å²) in [6.45, 7) is 5.49. The molecular formula is C14H22N2O2. The Morgan fingerprint density at radius 2 is 2.06 bits per heavy atom. The zero-order valence-corrected chi connectivity index (χ0v) is 11.3. The average Bonchev–Trinajstić information content (AvgIpc) is 2.35. The van der Waals surface area contributed by atoms with Gasteiger partial charge in [0.25, 0.3) is 0 Å². The summed E-state index contributed by atoms with van der Waals surface area (Å²) in [5, 5.41) is 5.81. The van der Waals surface area contributed by atoms with Crippen molar-refractivity contribution in [3.05, 3.63) is 24.3 Å². The first kappa shape index (κ1) is 14.5. The van der Waals surface area contributed by atoms with Gasteiger partial charge in [-0.2, -0.15) is 0 Å². The molecule has 0 aromatic heterocycles. The summed E-state index contributed by atoms with van der Waals surface area (Å²) in [5.41, 5.74) is 0.735. The Kier molecular flexibility index (Phi) is 6.22. The number of amides is 1. The quantitative estimate of drug-likeness (QED) is 0.780. The van der Waals surface area contributed by atoms with Gasteiger partial charge in [-0.25, -0.2) is 0 Å². The molecule has 18 heavy (non-hydrogen) atoms. The van der Waals surface area contributed by atoms with Crippen molar-refractivity contribution in [1.82, 2.24) is 5.32 Å². The Morgan fingerprint density at radius 1 is 1.33 bits per heavy atom. The molecule has 100 valence electrons. The van der Waals surface area contributed by atoms with Crippen LogP contribution < -0.4 is 15.4 Å². The molecule has 0 atom stereocenters. The minimum Gasteiger partial charge on any atom is -0.491 e. The molecule has 0 aliphatic heterocycles. The smallest absolute Gasteiger partial charge is 0.225 e. The van der Waals surface area contributed by atoms with Crippen LogP contribution in [0.2, 0.25) is 0 Å². The summed E-state index contributed by atoms with van der Waals surface area (Å²) >= 11 is 0. The van der Waals surface area contributed by atoms with Crippen LogP contribution in [0.4, 0.5) is 5.69 Å². The van der Waals surface area contributed by atoms with Crippen LogP contribution in [-0.4, -0.2) is 26.1 Å². The van der Waals surface area contributed by atoms with Crippen LogP contribution in [0.1, 0.15) is 20.3 Å². The lowest BCUT2D eigenvalue weighted by molar-refractivity contribution is -0.116. The van der Waals surface area contributed by atoms with Gasteiger partial charge in [0, 0.05) is 13.0 Å². The molecule has 0 fully saturated rings. The molecule has 0 heterocycles. The normalized spacial score (nSPS) is 10.4. The Hall–Kier alpha value is -1.55. The predicted molar refractivity (Wildman–Crippen MR) is 73.9 cm³/mol. The number of para-hydroxylation sites is 2. The van der Waals surface area contributed by atoms with Gasteiger partial charge in [-0.1, -0.05) is 26.0 Å². The fourth-order valence-electron chi connectivity index (χ4n) is 1.40. The van der Waals surface area contributed by atoms with Crippen molar-refractivity contribution in [2.75, 3.05) is 25.5 Å². The molecule has 1 amide bonds. The minimum absolute atomic E-state index is 0.00931. The molecule has 0 aliphatic rings. The number of nitrogens with one attached hydrogen (secondary N) is 2. The van der Waals surface area contributed by atoms with Crippen LogP contribution in [0.3, 0.4) is 0 Å². The molecular weight excluding hydrogens is 228 g/mol. The first-order chi connectivity index (χ1) is 8.63. The minimum atomic E-state index is -0.00931. The second kappa shape index (κ2) is 7.71. The van der Waals surface area contributed by atoms with Crippen molar-refractivity contribution >= 4 is 11.6 Å². The van der Waals surface area contributed by atoms with Crippen LogP contribution in [0.25, 0.3) is 0 Å². The lowest BCUT2D eigenvalue weighted by Gasteiger charge is -2.13. The van der Waals surface area contributed by atoms with Gasteiger partial charge in [0.1, 0.15) is 5.75 Å². The van der Waals surface area contributed by atoms with E-state index < -0.39 is 0 Å². The van der Waals surface area contributed by atoms with E-state index in [1.54, 1.807) is 0 Å². The Balaban J connectivity index is 2.61. The summed E-state index contributed by atoms with van der Waals surface area (Å²) in [4.78, 5) is 11.7. The van der Waals surface area contributed by atoms with Gasteiger partial charge in [-0.05, 0) is 25.1 Å². The van der Waals surface area contributed by atoms with Gasteiger partial charge >= 0.3 is 0 Å². The highest BCUT2D eigenvalue weighted by Crippen LogP contribution is 2.24. The van der Waals surface area contributed by atoms with E-state index >= 15 is 0 Å². The van der Waals surface area contributed by atoms with E-state index in [2.05, 4.69) is 24.5 Å². The van der Waals surface area contributed by atoms with Crippen LogP contribution in [0.15, 0.2) is 24.3 Å². The summed E-state index contributed by atoms with van der Waals surface area (Å²) in [6.07, 6.45) is 0.453. The number of benzene rings is 1. The SMILES string of the molecule is CNCCC(=O)Nc1ccccc1OCC(C)C. The van der Waals surface area contributed by atoms with Crippen LogP contribution >= 0.6 is 0 Å². The molecule has 0 unspecified atom stereocenters. The second-order valence-corrected chi connectivity index (χ2v) is 4.60. The monoisotopic (exact) mass is 250 g/mol. The van der Waals surface area contributed by atoms with E-state index in [0.717, 1.165) is 11.4 Å². The van der Waals surface area contributed by atoms with E-state index in [1.165, 1.54) is 0 Å². The largest absolute Gasteiger partial charge is 0.491 e. The Labute approximate surface area is 109 Å².